The van der Waals surface area contributed by atoms with Gasteiger partial charge in [-0.15, -0.1) is 0 Å². The topological polar surface area (TPSA) is 0 Å². The summed E-state index contributed by atoms with van der Waals surface area (Å²) < 4.78 is 4.82. The average Bonchev–Trinajstić information content (AvgIpc) is 3.85. The van der Waals surface area contributed by atoms with E-state index in [1.54, 1.807) is 31.2 Å². The van der Waals surface area contributed by atoms with Crippen LogP contribution < -0.4 is 49.6 Å². The van der Waals surface area contributed by atoms with E-state index < -0.39 is 21.3 Å². The quantitative estimate of drug-likeness (QED) is 0.247. The third-order valence-electron chi connectivity index (χ3n) is 11.1. The molecule has 5 aliphatic carbocycles. The van der Waals surface area contributed by atoms with E-state index in [1.807, 2.05) is 0 Å². The molecular formula is C44H41Cl4Zr2. The molecule has 5 unspecified atom stereocenters. The Morgan fingerprint density at radius 1 is 0.560 bits per heavy atom. The van der Waals surface area contributed by atoms with Crippen LogP contribution in [-0.2, 0) is 46.0 Å². The van der Waals surface area contributed by atoms with Crippen LogP contribution in [0.15, 0.2) is 155 Å². The van der Waals surface area contributed by atoms with Gasteiger partial charge in [-0.25, -0.2) is 0 Å². The molecule has 4 aromatic rings. The summed E-state index contributed by atoms with van der Waals surface area (Å²) in [5, 5.41) is 0. The molecule has 0 nitrogen and oxygen atoms in total. The Morgan fingerprint density at radius 2 is 1.06 bits per heavy atom. The fraction of sp³-hybridized carbons (Fsp3) is 0.250. The zero-order chi connectivity index (χ0) is 30.9. The predicted octanol–water partition coefficient (Wildman–Crippen LogP) is -0.996. The SMILES string of the molecule is C1=CC[C]([Zr](=[C](c2ccccc2)c2ccccc2)[CH]2c3ccccc3-c3ccccc32)=C1.[Cl-].[Cl-].[Cl-].[Cl-].[Zr+4][CH]1C2C=CC=CC2C2CCCCC12. The molecule has 0 heterocycles. The van der Waals surface area contributed by atoms with E-state index in [2.05, 4.69) is 152 Å². The number of fused-ring (bicyclic) bond motifs is 6. The van der Waals surface area contributed by atoms with Crippen molar-refractivity contribution >= 4 is 3.21 Å². The molecular weight excluding hydrogens is 853 g/mol. The Hall–Kier alpha value is -1.36. The molecule has 253 valence electrons. The van der Waals surface area contributed by atoms with Gasteiger partial charge in [0.1, 0.15) is 0 Å². The molecule has 5 aliphatic rings. The van der Waals surface area contributed by atoms with E-state index in [0.29, 0.717) is 3.63 Å². The first kappa shape index (κ1) is 41.4. The molecule has 2 saturated carbocycles. The molecule has 0 N–H and O–H groups in total. The Labute approximate surface area is 346 Å². The van der Waals surface area contributed by atoms with Crippen LogP contribution in [-0.4, -0.2) is 3.21 Å². The Kier molecular flexibility index (Phi) is 15.8. The van der Waals surface area contributed by atoms with Gasteiger partial charge in [-0.2, -0.15) is 0 Å². The second-order valence-electron chi connectivity index (χ2n) is 13.5. The fourth-order valence-electron chi connectivity index (χ4n) is 9.12. The zero-order valence-corrected chi connectivity index (χ0v) is 35.9. The summed E-state index contributed by atoms with van der Waals surface area (Å²) in [6.07, 6.45) is 23.7. The monoisotopic (exact) mass is 889 g/mol. The van der Waals surface area contributed by atoms with E-state index in [4.69, 9.17) is 0 Å². The van der Waals surface area contributed by atoms with Crippen molar-refractivity contribution in [1.82, 2.24) is 0 Å². The summed E-state index contributed by atoms with van der Waals surface area (Å²) in [5.74, 6) is 3.93. The molecule has 0 aliphatic heterocycles. The Balaban J connectivity index is 0.000000265. The van der Waals surface area contributed by atoms with Gasteiger partial charge in [0.15, 0.2) is 0 Å². The van der Waals surface area contributed by atoms with Gasteiger partial charge in [-0.3, -0.25) is 0 Å². The predicted molar refractivity (Wildman–Crippen MR) is 186 cm³/mol. The van der Waals surface area contributed by atoms with Crippen molar-refractivity contribution in [2.75, 3.05) is 0 Å². The number of benzene rings is 4. The van der Waals surface area contributed by atoms with Crippen LogP contribution in [0.5, 0.6) is 0 Å². The van der Waals surface area contributed by atoms with E-state index in [0.717, 1.165) is 33.7 Å². The number of halogens is 4. The molecule has 6 heteroatoms. The molecule has 0 amide bonds. The molecule has 5 atom stereocenters. The second-order valence-corrected chi connectivity index (χ2v) is 21.4. The van der Waals surface area contributed by atoms with Crippen molar-refractivity contribution in [3.05, 3.63) is 177 Å². The normalized spacial score (nSPS) is 23.1. The molecule has 50 heavy (non-hydrogen) atoms. The number of allylic oxidation sites excluding steroid dienone is 8. The van der Waals surface area contributed by atoms with E-state index in [9.17, 15) is 0 Å². The number of hydrogen-bond donors (Lipinski definition) is 0. The number of hydrogen-bond acceptors (Lipinski definition) is 0. The van der Waals surface area contributed by atoms with E-state index in [-0.39, 0.29) is 49.6 Å². The summed E-state index contributed by atoms with van der Waals surface area (Å²) in [6, 6.07) is 40.5. The second kappa shape index (κ2) is 19.1. The van der Waals surface area contributed by atoms with Crippen molar-refractivity contribution in [2.45, 2.75) is 39.4 Å². The molecule has 0 bridgehead atoms. The maximum atomic E-state index is 2.50. The van der Waals surface area contributed by atoms with Gasteiger partial charge >= 0.3 is 301 Å². The summed E-state index contributed by atoms with van der Waals surface area (Å²) >= 11 is -0.683. The van der Waals surface area contributed by atoms with Crippen LogP contribution in [0.1, 0.15) is 58.0 Å². The number of rotatable bonds is 4. The molecule has 0 aromatic heterocycles. The first-order chi connectivity index (χ1) is 22.8. The van der Waals surface area contributed by atoms with Gasteiger partial charge in [0.2, 0.25) is 0 Å². The average molecular weight is 894 g/mol. The van der Waals surface area contributed by atoms with Crippen molar-refractivity contribution in [1.29, 1.82) is 0 Å². The van der Waals surface area contributed by atoms with Crippen LogP contribution in [0.2, 0.25) is 3.63 Å². The van der Waals surface area contributed by atoms with Gasteiger partial charge in [0.05, 0.1) is 0 Å². The van der Waals surface area contributed by atoms with Crippen molar-refractivity contribution < 1.29 is 95.6 Å². The van der Waals surface area contributed by atoms with Gasteiger partial charge in [-0.05, 0) is 0 Å². The van der Waals surface area contributed by atoms with Gasteiger partial charge in [0, 0.05) is 0 Å². The van der Waals surface area contributed by atoms with Crippen molar-refractivity contribution in [3.63, 3.8) is 0 Å². The first-order valence-corrected chi connectivity index (χ1v) is 22.5. The van der Waals surface area contributed by atoms with Crippen LogP contribution >= 0.6 is 0 Å². The Bertz CT molecular complexity index is 1790. The zero-order valence-electron chi connectivity index (χ0n) is 27.9. The van der Waals surface area contributed by atoms with Crippen LogP contribution in [0.25, 0.3) is 11.1 Å². The van der Waals surface area contributed by atoms with Gasteiger partial charge in [-0.1, -0.05) is 0 Å². The first-order valence-electron chi connectivity index (χ1n) is 17.2. The van der Waals surface area contributed by atoms with Gasteiger partial charge < -0.3 is 49.6 Å². The molecule has 9 rings (SSSR count). The fourth-order valence-corrected chi connectivity index (χ4v) is 20.0. The van der Waals surface area contributed by atoms with Gasteiger partial charge in [0.25, 0.3) is 0 Å². The van der Waals surface area contributed by atoms with E-state index in [1.165, 1.54) is 59.1 Å². The third kappa shape index (κ3) is 8.08. The Morgan fingerprint density at radius 3 is 1.60 bits per heavy atom. The molecule has 2 fully saturated rings. The standard InChI is InChI=1S/C13H17.C13H9.C13H10.C5H5.4ClH.2Zr/c2*1-3-7-12-10(5-1)9-11-6-2-4-8-13(11)12;1-3-7-12(8-4-1)11-13-9-5-2-6-10-13;1-2-4-5-3-1;;;;;;/h1,3,5,7,9-13H,2,4,6,8H2;1-9H;1-10H;1-3H,4H2;4*1H;;/q;;;;;;;;;+4/p-4. The van der Waals surface area contributed by atoms with E-state index >= 15 is 0 Å². The molecule has 0 radical (unpaired) electrons. The maximum absolute atomic E-state index is 2.50. The summed E-state index contributed by atoms with van der Waals surface area (Å²) in [7, 11) is 0. The van der Waals surface area contributed by atoms with Crippen LogP contribution in [0.3, 0.4) is 0 Å². The summed E-state index contributed by atoms with van der Waals surface area (Å²) in [6.45, 7) is 0. The minimum absolute atomic E-state index is 0. The molecule has 0 saturated heterocycles. The molecule has 0 spiro atoms. The summed E-state index contributed by atoms with van der Waals surface area (Å²) in [5.41, 5.74) is 8.70. The van der Waals surface area contributed by atoms with Crippen molar-refractivity contribution in [3.8, 4) is 11.1 Å². The summed E-state index contributed by atoms with van der Waals surface area (Å²) in [4.78, 5) is 0. The van der Waals surface area contributed by atoms with Crippen LogP contribution in [0, 0.1) is 23.7 Å². The molecule has 4 aromatic carbocycles. The van der Waals surface area contributed by atoms with Crippen LogP contribution in [0.4, 0.5) is 0 Å². The minimum atomic E-state index is -2.47. The third-order valence-corrected chi connectivity index (χ3v) is 21.4. The van der Waals surface area contributed by atoms with Crippen molar-refractivity contribution in [2.24, 2.45) is 23.7 Å².